The lowest BCUT2D eigenvalue weighted by Gasteiger charge is -2.47. The van der Waals surface area contributed by atoms with Crippen LogP contribution in [0.2, 0.25) is 0 Å². The molecule has 4 heterocycles. The molecule has 17 aromatic rings. The van der Waals surface area contributed by atoms with E-state index in [0.29, 0.717) is 0 Å². The van der Waals surface area contributed by atoms with Crippen molar-refractivity contribution in [2.45, 2.75) is 131 Å². The maximum Gasteiger partial charge on any atom is 0.252 e. The molecule has 5 heteroatoms. The molecular formula is C110H98BN3O. The minimum atomic E-state index is -0.366. The van der Waals surface area contributed by atoms with Crippen LogP contribution in [-0.2, 0) is 27.1 Å². The molecule has 0 spiro atoms. The first-order chi connectivity index (χ1) is 55.2. The lowest BCUT2D eigenvalue weighted by molar-refractivity contribution is 0.590. The Morgan fingerprint density at radius 2 is 0.574 bits per heavy atom. The quantitative estimate of drug-likeness (QED) is 0.128. The molecule has 115 heavy (non-hydrogen) atoms. The highest BCUT2D eigenvalue weighted by molar-refractivity contribution is 7.00. The summed E-state index contributed by atoms with van der Waals surface area (Å²) >= 11 is 0. The van der Waals surface area contributed by atoms with Crippen molar-refractivity contribution in [3.8, 4) is 83.6 Å². The Bertz CT molecular complexity index is 6450. The topological polar surface area (TPSA) is 24.6 Å². The summed E-state index contributed by atoms with van der Waals surface area (Å²) in [5.41, 5.74) is 37.2. The number of aromatic nitrogens is 1. The Morgan fingerprint density at radius 1 is 0.235 bits per heavy atom. The number of hydrogen-bond acceptors (Lipinski definition) is 3. The first-order valence-corrected chi connectivity index (χ1v) is 41.1. The third-order valence-electron chi connectivity index (χ3n) is 24.6. The van der Waals surface area contributed by atoms with Gasteiger partial charge in [0.2, 0.25) is 0 Å². The number of nitrogens with zero attached hydrogens (tertiary/aromatic N) is 3. The Hall–Kier alpha value is -12.4. The van der Waals surface area contributed by atoms with Crippen LogP contribution >= 0.6 is 0 Å². The fraction of sp³-hybridized carbons (Fsp3) is 0.182. The van der Waals surface area contributed by atoms with Gasteiger partial charge in [-0.25, -0.2) is 0 Å². The lowest BCUT2D eigenvalue weighted by atomic mass is 9.33. The van der Waals surface area contributed by atoms with Gasteiger partial charge in [0, 0.05) is 72.2 Å². The van der Waals surface area contributed by atoms with Crippen LogP contribution in [0, 0.1) is 0 Å². The van der Waals surface area contributed by atoms with E-state index in [1.165, 1.54) is 88.3 Å². The lowest BCUT2D eigenvalue weighted by Crippen LogP contribution is -2.61. The zero-order chi connectivity index (χ0) is 79.4. The summed E-state index contributed by atoms with van der Waals surface area (Å²) < 4.78 is 9.15. The summed E-state index contributed by atoms with van der Waals surface area (Å²) in [5.74, 6) is 0. The van der Waals surface area contributed by atoms with Gasteiger partial charge in [-0.1, -0.05) is 328 Å². The Morgan fingerprint density at radius 3 is 1.02 bits per heavy atom. The Labute approximate surface area is 679 Å². The molecule has 2 aliphatic rings. The van der Waals surface area contributed by atoms with Crippen molar-refractivity contribution in [3.63, 3.8) is 0 Å². The fourth-order valence-electron chi connectivity index (χ4n) is 18.0. The minimum absolute atomic E-state index is 0.0759. The Balaban J connectivity index is 0.985. The molecule has 0 N–H and O–H groups in total. The van der Waals surface area contributed by atoms with Crippen LogP contribution in [0.15, 0.2) is 326 Å². The third-order valence-corrected chi connectivity index (χ3v) is 24.6. The number of anilines is 6. The van der Waals surface area contributed by atoms with Gasteiger partial charge >= 0.3 is 0 Å². The van der Waals surface area contributed by atoms with Crippen LogP contribution in [0.25, 0.3) is 127 Å². The van der Waals surface area contributed by atoms with Gasteiger partial charge in [-0.3, -0.25) is 0 Å². The van der Waals surface area contributed by atoms with Gasteiger partial charge in [-0.2, -0.15) is 0 Å². The molecule has 0 unspecified atom stereocenters. The summed E-state index contributed by atoms with van der Waals surface area (Å²) in [6.07, 6.45) is 0. The largest absolute Gasteiger partial charge is 0.456 e. The van der Waals surface area contributed by atoms with Gasteiger partial charge in [0.15, 0.2) is 0 Å². The molecule has 2 aromatic heterocycles. The van der Waals surface area contributed by atoms with Gasteiger partial charge in [0.1, 0.15) is 11.2 Å². The first kappa shape index (κ1) is 72.8. The van der Waals surface area contributed by atoms with Crippen molar-refractivity contribution in [1.82, 2.24) is 4.57 Å². The van der Waals surface area contributed by atoms with Crippen LogP contribution < -0.4 is 26.2 Å². The van der Waals surface area contributed by atoms with E-state index in [1.807, 2.05) is 0 Å². The molecule has 2 aliphatic heterocycles. The maximum absolute atomic E-state index is 6.57. The summed E-state index contributed by atoms with van der Waals surface area (Å²) in [4.78, 5) is 5.50. The van der Waals surface area contributed by atoms with Crippen molar-refractivity contribution in [3.05, 3.63) is 349 Å². The highest BCUT2D eigenvalue weighted by Crippen LogP contribution is 2.56. The van der Waals surface area contributed by atoms with Crippen molar-refractivity contribution in [2.24, 2.45) is 0 Å². The van der Waals surface area contributed by atoms with Crippen molar-refractivity contribution in [1.29, 1.82) is 0 Å². The monoisotopic (exact) mass is 1490 g/mol. The van der Waals surface area contributed by atoms with E-state index < -0.39 is 0 Å². The van der Waals surface area contributed by atoms with Crippen molar-refractivity contribution in [2.75, 3.05) is 9.80 Å². The van der Waals surface area contributed by atoms with Gasteiger partial charge in [0.25, 0.3) is 6.71 Å². The molecule has 0 saturated carbocycles. The number of benzene rings is 15. The maximum atomic E-state index is 6.57. The van der Waals surface area contributed by atoms with Crippen LogP contribution in [0.4, 0.5) is 34.1 Å². The molecule has 562 valence electrons. The zero-order valence-corrected chi connectivity index (χ0v) is 68.9. The third kappa shape index (κ3) is 12.7. The van der Waals surface area contributed by atoms with E-state index in [0.717, 1.165) is 117 Å². The van der Waals surface area contributed by atoms with Crippen LogP contribution in [0.3, 0.4) is 0 Å². The van der Waals surface area contributed by atoms with E-state index >= 15 is 0 Å². The van der Waals surface area contributed by atoms with Gasteiger partial charge < -0.3 is 18.8 Å². The highest BCUT2D eigenvalue weighted by Gasteiger charge is 2.47. The first-order valence-electron chi connectivity index (χ1n) is 41.1. The normalized spacial score (nSPS) is 13.1. The van der Waals surface area contributed by atoms with E-state index in [4.69, 9.17) is 4.42 Å². The second-order valence-electron chi connectivity index (χ2n) is 37.4. The van der Waals surface area contributed by atoms with E-state index in [-0.39, 0.29) is 33.8 Å². The second-order valence-corrected chi connectivity index (χ2v) is 37.4. The van der Waals surface area contributed by atoms with Crippen molar-refractivity contribution >= 4 is 101 Å². The molecule has 0 bridgehead atoms. The second kappa shape index (κ2) is 27.1. The van der Waals surface area contributed by atoms with Crippen LogP contribution in [-0.4, -0.2) is 11.3 Å². The number of hydrogen-bond donors (Lipinski definition) is 0. The zero-order valence-electron chi connectivity index (χ0n) is 68.9. The van der Waals surface area contributed by atoms with Gasteiger partial charge in [-0.05, 0) is 224 Å². The summed E-state index contributed by atoms with van der Waals surface area (Å²) in [6.45, 7) is 35.2. The fourth-order valence-corrected chi connectivity index (χ4v) is 18.0. The minimum Gasteiger partial charge on any atom is -0.456 e. The van der Waals surface area contributed by atoms with E-state index in [9.17, 15) is 0 Å². The molecular weight excluding hydrogens is 1390 g/mol. The molecule has 0 radical (unpaired) electrons. The molecule has 4 nitrogen and oxygen atoms in total. The van der Waals surface area contributed by atoms with E-state index in [2.05, 4.69) is 440 Å². The molecule has 0 aliphatic carbocycles. The predicted octanol–water partition coefficient (Wildman–Crippen LogP) is 28.9. The summed E-state index contributed by atoms with van der Waals surface area (Å²) in [6, 6.07) is 123. The number of para-hydroxylation sites is 1. The predicted molar refractivity (Wildman–Crippen MR) is 494 cm³/mol. The summed E-state index contributed by atoms with van der Waals surface area (Å²) in [7, 11) is 0. The summed E-state index contributed by atoms with van der Waals surface area (Å²) in [5, 5.41) is 4.71. The van der Waals surface area contributed by atoms with E-state index in [1.54, 1.807) is 0 Å². The molecule has 0 fully saturated rings. The standard InChI is InChI=1S/C110H98BN3O/c1-106(2,3)79-50-55-95-90(60-79)91-61-80(107(4,5)6)51-56-96(91)112(95)84-52-54-94-98(68-84)114(105-88(75-44-40-71(41-45-75)69-30-20-16-21-31-69)64-82(109(10,11)12)65-89(105)76-46-42-72(43-47-76)70-32-22-17-23-33-70)100-67-83(110(13,14)15)66-99-103(100)111(94)93-53-48-78(77-49-57-102-92(58-77)85-38-28-29-39-101(85)115-102)59-97(93)113(99)104-86(73-34-24-18-25-35-73)62-81(108(7,8)9)63-87(104)74-36-26-19-27-37-74/h16-68H,1-15H3. The Kier molecular flexibility index (Phi) is 17.2. The number of fused-ring (bicyclic) bond motifs is 10. The van der Waals surface area contributed by atoms with Crippen LogP contribution in [0.5, 0.6) is 0 Å². The molecule has 19 rings (SSSR count). The van der Waals surface area contributed by atoms with Gasteiger partial charge in [-0.15, -0.1) is 0 Å². The average Bonchev–Trinajstić information content (AvgIpc) is 0.848. The van der Waals surface area contributed by atoms with Crippen LogP contribution in [0.1, 0.15) is 132 Å². The molecule has 15 aromatic carbocycles. The molecule has 0 atom stereocenters. The molecule has 0 amide bonds. The smallest absolute Gasteiger partial charge is 0.252 e. The van der Waals surface area contributed by atoms with Gasteiger partial charge in [0.05, 0.1) is 22.4 Å². The SMILES string of the molecule is CC(C)(C)c1cc(-c2ccccc2)c(N2c3cc(-c4ccc5oc6ccccc6c5c4)ccc3B3c4ccc(-n5c6ccc(C(C)(C)C)cc6c6cc(C(C)(C)C)ccc65)cc4N(c4c(-c5ccc(-c6ccccc6)cc5)cc(C(C)(C)C)cc4-c4ccc(-c5ccccc5)cc4)c4cc(C(C)(C)C)cc2c43)c(-c2ccccc2)c1. The average molecular weight is 1490 g/mol. The highest BCUT2D eigenvalue weighted by atomic mass is 16.3. The molecule has 0 saturated heterocycles. The number of rotatable bonds is 10. The number of furan rings is 1. The van der Waals surface area contributed by atoms with Crippen molar-refractivity contribution < 1.29 is 4.42 Å².